The van der Waals surface area contributed by atoms with Gasteiger partial charge in [0.2, 0.25) is 0 Å². The minimum Gasteiger partial charge on any atom is -0.462 e. The predicted octanol–water partition coefficient (Wildman–Crippen LogP) is 3.87. The summed E-state index contributed by atoms with van der Waals surface area (Å²) in [4.78, 5) is 24.8. The van der Waals surface area contributed by atoms with Gasteiger partial charge in [0.05, 0.1) is 12.0 Å². The third kappa shape index (κ3) is 3.47. The number of hydrogen-bond acceptors (Lipinski definition) is 7. The number of anilines is 2. The fourth-order valence-corrected chi connectivity index (χ4v) is 4.56. The standard InChI is InChI=1S/C20H22N4O2S/c1-3-26-20(25)17-13(2)16-18(21-12-22-19(16)27-17)23-14-9-10-24(11-14)15-7-5-4-6-8-15/h4-8,12,14H,3,9-11H2,1-2H3,(H,21,22,23). The number of aryl methyl sites for hydroxylation is 1. The van der Waals surface area contributed by atoms with Gasteiger partial charge in [0.1, 0.15) is 21.9 Å². The van der Waals surface area contributed by atoms with Gasteiger partial charge < -0.3 is 15.0 Å². The van der Waals surface area contributed by atoms with E-state index in [1.54, 1.807) is 6.33 Å². The van der Waals surface area contributed by atoms with E-state index < -0.39 is 0 Å². The molecule has 1 aliphatic rings. The summed E-state index contributed by atoms with van der Waals surface area (Å²) in [6, 6.07) is 10.7. The first-order valence-corrected chi connectivity index (χ1v) is 9.96. The van der Waals surface area contributed by atoms with Crippen LogP contribution in [0.15, 0.2) is 36.7 Å². The zero-order valence-electron chi connectivity index (χ0n) is 15.4. The van der Waals surface area contributed by atoms with Gasteiger partial charge >= 0.3 is 5.97 Å². The number of hydrogen-bond donors (Lipinski definition) is 1. The third-order valence-electron chi connectivity index (χ3n) is 4.84. The molecule has 3 aromatic rings. The van der Waals surface area contributed by atoms with E-state index in [0.29, 0.717) is 17.5 Å². The molecule has 4 rings (SSSR count). The van der Waals surface area contributed by atoms with Gasteiger partial charge in [0, 0.05) is 24.8 Å². The Labute approximate surface area is 162 Å². The number of nitrogens with one attached hydrogen (secondary N) is 1. The lowest BCUT2D eigenvalue weighted by Crippen LogP contribution is -2.26. The Balaban J connectivity index is 1.57. The van der Waals surface area contributed by atoms with Gasteiger partial charge in [-0.2, -0.15) is 0 Å². The SMILES string of the molecule is CCOC(=O)c1sc2ncnc(NC3CCN(c4ccccc4)C3)c2c1C. The number of esters is 1. The van der Waals surface area contributed by atoms with E-state index in [9.17, 15) is 4.79 Å². The maximum atomic E-state index is 12.2. The van der Waals surface area contributed by atoms with Gasteiger partial charge in [-0.3, -0.25) is 0 Å². The number of para-hydroxylation sites is 1. The lowest BCUT2D eigenvalue weighted by atomic mass is 10.2. The average Bonchev–Trinajstić information content (AvgIpc) is 3.28. The highest BCUT2D eigenvalue weighted by molar-refractivity contribution is 7.20. The number of carbonyl (C=O) groups is 1. The van der Waals surface area contributed by atoms with Crippen molar-refractivity contribution in [3.63, 3.8) is 0 Å². The zero-order valence-corrected chi connectivity index (χ0v) is 16.3. The van der Waals surface area contributed by atoms with Crippen molar-refractivity contribution < 1.29 is 9.53 Å². The van der Waals surface area contributed by atoms with Crippen molar-refractivity contribution in [1.82, 2.24) is 9.97 Å². The fraction of sp³-hybridized carbons (Fsp3) is 0.350. The molecule has 6 nitrogen and oxygen atoms in total. The van der Waals surface area contributed by atoms with Crippen molar-refractivity contribution in [2.75, 3.05) is 29.9 Å². The smallest absolute Gasteiger partial charge is 0.348 e. The van der Waals surface area contributed by atoms with Crippen LogP contribution in [0.5, 0.6) is 0 Å². The van der Waals surface area contributed by atoms with Crippen LogP contribution in [0.25, 0.3) is 10.2 Å². The molecule has 1 atom stereocenters. The van der Waals surface area contributed by atoms with E-state index in [-0.39, 0.29) is 5.97 Å². The molecule has 1 unspecified atom stereocenters. The van der Waals surface area contributed by atoms with Gasteiger partial charge in [-0.25, -0.2) is 14.8 Å². The molecule has 0 radical (unpaired) electrons. The first-order valence-electron chi connectivity index (χ1n) is 9.15. The van der Waals surface area contributed by atoms with E-state index in [1.807, 2.05) is 19.9 Å². The molecule has 0 spiro atoms. The lowest BCUT2D eigenvalue weighted by Gasteiger charge is -2.19. The quantitative estimate of drug-likeness (QED) is 0.676. The Morgan fingerprint density at radius 3 is 2.93 bits per heavy atom. The van der Waals surface area contributed by atoms with Crippen molar-refractivity contribution in [3.8, 4) is 0 Å². The summed E-state index contributed by atoms with van der Waals surface area (Å²) in [5.41, 5.74) is 2.13. The molecule has 3 heterocycles. The number of thiophene rings is 1. The van der Waals surface area contributed by atoms with Gasteiger partial charge in [-0.1, -0.05) is 18.2 Å². The molecule has 0 aliphatic carbocycles. The zero-order chi connectivity index (χ0) is 18.8. The molecule has 0 amide bonds. The number of ether oxygens (including phenoxy) is 1. The first kappa shape index (κ1) is 17.7. The summed E-state index contributed by atoms with van der Waals surface area (Å²) in [6.07, 6.45) is 2.59. The molecule has 140 valence electrons. The summed E-state index contributed by atoms with van der Waals surface area (Å²) in [5, 5.41) is 4.49. The second-order valence-electron chi connectivity index (χ2n) is 6.59. The van der Waals surface area contributed by atoms with E-state index in [0.717, 1.165) is 41.1 Å². The van der Waals surface area contributed by atoms with Crippen molar-refractivity contribution in [1.29, 1.82) is 0 Å². The highest BCUT2D eigenvalue weighted by atomic mass is 32.1. The number of rotatable bonds is 5. The maximum Gasteiger partial charge on any atom is 0.348 e. The topological polar surface area (TPSA) is 67.3 Å². The molecule has 2 aromatic heterocycles. The summed E-state index contributed by atoms with van der Waals surface area (Å²) >= 11 is 1.37. The molecular weight excluding hydrogens is 360 g/mol. The van der Waals surface area contributed by atoms with E-state index >= 15 is 0 Å². The van der Waals surface area contributed by atoms with E-state index in [2.05, 4.69) is 44.5 Å². The summed E-state index contributed by atoms with van der Waals surface area (Å²) in [5.74, 6) is 0.504. The van der Waals surface area contributed by atoms with Crippen molar-refractivity contribution >= 4 is 39.0 Å². The average molecular weight is 382 g/mol. The Kier molecular flexibility index (Phi) is 4.94. The Morgan fingerprint density at radius 1 is 1.33 bits per heavy atom. The van der Waals surface area contributed by atoms with Gasteiger partial charge in [-0.15, -0.1) is 11.3 Å². The Bertz CT molecular complexity index is 957. The molecule has 1 fully saturated rings. The molecule has 1 aliphatic heterocycles. The molecule has 0 bridgehead atoms. The van der Waals surface area contributed by atoms with Gasteiger partial charge in [0.15, 0.2) is 0 Å². The number of nitrogens with zero attached hydrogens (tertiary/aromatic N) is 3. The molecule has 7 heteroatoms. The van der Waals surface area contributed by atoms with Crippen LogP contribution in [-0.4, -0.2) is 41.7 Å². The van der Waals surface area contributed by atoms with Crippen LogP contribution < -0.4 is 10.2 Å². The van der Waals surface area contributed by atoms with Crippen LogP contribution in [-0.2, 0) is 4.74 Å². The van der Waals surface area contributed by atoms with Crippen molar-refractivity contribution in [2.45, 2.75) is 26.3 Å². The second kappa shape index (κ2) is 7.52. The molecule has 1 N–H and O–H groups in total. The van der Waals surface area contributed by atoms with Crippen molar-refractivity contribution in [2.24, 2.45) is 0 Å². The summed E-state index contributed by atoms with van der Waals surface area (Å²) < 4.78 is 5.17. The van der Waals surface area contributed by atoms with Crippen LogP contribution in [0, 0.1) is 6.92 Å². The predicted molar refractivity (Wildman–Crippen MR) is 109 cm³/mol. The molecule has 27 heavy (non-hydrogen) atoms. The normalized spacial score (nSPS) is 16.7. The molecular formula is C20H22N4O2S. The monoisotopic (exact) mass is 382 g/mol. The lowest BCUT2D eigenvalue weighted by molar-refractivity contribution is 0.0531. The molecule has 1 saturated heterocycles. The van der Waals surface area contributed by atoms with E-state index in [1.165, 1.54) is 17.0 Å². The fourth-order valence-electron chi connectivity index (χ4n) is 3.52. The minimum absolute atomic E-state index is 0.292. The van der Waals surface area contributed by atoms with Gasteiger partial charge in [-0.05, 0) is 38.0 Å². The highest BCUT2D eigenvalue weighted by Gasteiger charge is 2.25. The van der Waals surface area contributed by atoms with Crippen molar-refractivity contribution in [3.05, 3.63) is 47.1 Å². The number of benzene rings is 1. The van der Waals surface area contributed by atoms with Crippen LogP contribution in [0.3, 0.4) is 0 Å². The molecule has 1 aromatic carbocycles. The molecule has 0 saturated carbocycles. The van der Waals surface area contributed by atoms with Gasteiger partial charge in [0.25, 0.3) is 0 Å². The number of carbonyl (C=O) groups excluding carboxylic acids is 1. The van der Waals surface area contributed by atoms with Crippen LogP contribution in [0.2, 0.25) is 0 Å². The highest BCUT2D eigenvalue weighted by Crippen LogP contribution is 2.34. The van der Waals surface area contributed by atoms with E-state index in [4.69, 9.17) is 4.74 Å². The third-order valence-corrected chi connectivity index (χ3v) is 6.02. The van der Waals surface area contributed by atoms with Crippen LogP contribution >= 0.6 is 11.3 Å². The van der Waals surface area contributed by atoms with Crippen LogP contribution in [0.1, 0.15) is 28.6 Å². The Hall–Kier alpha value is -2.67. The summed E-state index contributed by atoms with van der Waals surface area (Å²) in [7, 11) is 0. The first-order chi connectivity index (χ1) is 13.2. The largest absolute Gasteiger partial charge is 0.462 e. The second-order valence-corrected chi connectivity index (χ2v) is 7.59. The number of aromatic nitrogens is 2. The Morgan fingerprint density at radius 2 is 2.15 bits per heavy atom. The maximum absolute atomic E-state index is 12.2. The minimum atomic E-state index is -0.292. The number of fused-ring (bicyclic) bond motifs is 1. The summed E-state index contributed by atoms with van der Waals surface area (Å²) in [6.45, 7) is 6.03. The van der Waals surface area contributed by atoms with Crippen LogP contribution in [0.4, 0.5) is 11.5 Å².